The van der Waals surface area contributed by atoms with Crippen LogP contribution in [-0.2, 0) is 34.1 Å². The number of fused-ring (bicyclic) bond motifs is 1. The van der Waals surface area contributed by atoms with Gasteiger partial charge in [-0.05, 0) is 35.6 Å². The van der Waals surface area contributed by atoms with Crippen molar-refractivity contribution >= 4 is 10.0 Å². The third-order valence-corrected chi connectivity index (χ3v) is 6.62. The largest absolute Gasteiger partial charge is 0.362 e. The fourth-order valence-corrected chi connectivity index (χ4v) is 4.73. The molecule has 1 unspecified atom stereocenters. The van der Waals surface area contributed by atoms with E-state index < -0.39 is 16.3 Å². The van der Waals surface area contributed by atoms with E-state index in [1.807, 2.05) is 54.7 Å². The first kappa shape index (κ1) is 20.7. The molecule has 0 saturated heterocycles. The molecule has 0 bridgehead atoms. The maximum absolute atomic E-state index is 12.2. The topological polar surface area (TPSA) is 59.5 Å². The molecule has 3 aromatic rings. The molecule has 0 fully saturated rings. The lowest BCUT2D eigenvalue weighted by Crippen LogP contribution is -2.45. The number of ether oxygens (including phenoxy) is 1. The van der Waals surface area contributed by atoms with Gasteiger partial charge in [0.25, 0.3) is 0 Å². The van der Waals surface area contributed by atoms with E-state index in [-0.39, 0.29) is 0 Å². The van der Waals surface area contributed by atoms with E-state index in [2.05, 4.69) is 23.2 Å². The molecular weight excluding hydrogens is 396 g/mol. The molecule has 1 aromatic heterocycles. The molecule has 30 heavy (non-hydrogen) atoms. The van der Waals surface area contributed by atoms with Gasteiger partial charge in [0, 0.05) is 37.0 Å². The van der Waals surface area contributed by atoms with Crippen LogP contribution in [0.3, 0.4) is 0 Å². The third kappa shape index (κ3) is 4.95. The molecule has 1 aliphatic rings. The highest BCUT2D eigenvalue weighted by Crippen LogP contribution is 2.26. The summed E-state index contributed by atoms with van der Waals surface area (Å²) < 4.78 is 32.0. The Morgan fingerprint density at radius 1 is 0.967 bits per heavy atom. The molecule has 5 nitrogen and oxygen atoms in total. The summed E-state index contributed by atoms with van der Waals surface area (Å²) in [6, 6.07) is 22.3. The highest BCUT2D eigenvalue weighted by atomic mass is 32.2. The van der Waals surface area contributed by atoms with Crippen LogP contribution in [0, 0.1) is 0 Å². The second kappa shape index (κ2) is 9.08. The highest BCUT2D eigenvalue weighted by molar-refractivity contribution is 7.88. The Bertz CT molecular complexity index is 1080. The summed E-state index contributed by atoms with van der Waals surface area (Å²) in [6.07, 6.45) is 4.84. The van der Waals surface area contributed by atoms with E-state index >= 15 is 0 Å². The first-order valence-electron chi connectivity index (χ1n) is 10.2. The molecule has 2 heterocycles. The van der Waals surface area contributed by atoms with Crippen LogP contribution in [0.15, 0.2) is 72.9 Å². The minimum Gasteiger partial charge on any atom is -0.362 e. The fraction of sp³-hybridized carbons (Fsp3) is 0.292. The van der Waals surface area contributed by atoms with E-state index in [9.17, 15) is 8.42 Å². The Morgan fingerprint density at radius 3 is 2.40 bits per heavy atom. The zero-order valence-electron chi connectivity index (χ0n) is 17.1. The SMILES string of the molecule is CS(=O)(=O)N1Cc2ccccc2CC1OCCCc1ccc(-c2ccccc2)cn1. The second-order valence-corrected chi connectivity index (χ2v) is 9.55. The summed E-state index contributed by atoms with van der Waals surface area (Å²) in [5, 5.41) is 0. The minimum absolute atomic E-state index is 0.363. The van der Waals surface area contributed by atoms with Gasteiger partial charge < -0.3 is 4.74 Å². The standard InChI is InChI=1S/C24H26N2O3S/c1-30(27,28)26-18-22-11-6-5-10-20(22)16-24(26)29-15-7-12-23-14-13-21(17-25-23)19-8-3-2-4-9-19/h2-6,8-11,13-14,17,24H,7,12,15-16,18H2,1H3. The number of aryl methyl sites for hydroxylation is 1. The molecule has 1 aliphatic heterocycles. The Hall–Kier alpha value is -2.54. The molecule has 0 aliphatic carbocycles. The summed E-state index contributed by atoms with van der Waals surface area (Å²) in [6.45, 7) is 0.850. The lowest BCUT2D eigenvalue weighted by Gasteiger charge is -2.34. The molecule has 2 aromatic carbocycles. The highest BCUT2D eigenvalue weighted by Gasteiger charge is 2.32. The smallest absolute Gasteiger partial charge is 0.213 e. The first-order valence-corrected chi connectivity index (χ1v) is 12.0. The predicted octanol–water partition coefficient (Wildman–Crippen LogP) is 4.04. The van der Waals surface area contributed by atoms with Crippen molar-refractivity contribution in [2.24, 2.45) is 0 Å². The van der Waals surface area contributed by atoms with Crippen molar-refractivity contribution in [2.45, 2.75) is 32.0 Å². The lowest BCUT2D eigenvalue weighted by molar-refractivity contribution is -0.0281. The molecule has 4 rings (SSSR count). The van der Waals surface area contributed by atoms with Crippen LogP contribution < -0.4 is 0 Å². The fourth-order valence-electron chi connectivity index (χ4n) is 3.79. The minimum atomic E-state index is -3.34. The average molecular weight is 423 g/mol. The molecule has 0 N–H and O–H groups in total. The molecule has 0 radical (unpaired) electrons. The Balaban J connectivity index is 1.33. The van der Waals surface area contributed by atoms with Crippen molar-refractivity contribution in [3.8, 4) is 11.1 Å². The monoisotopic (exact) mass is 422 g/mol. The summed E-state index contributed by atoms with van der Waals surface area (Å²) in [4.78, 5) is 4.56. The number of benzene rings is 2. The van der Waals surface area contributed by atoms with Crippen molar-refractivity contribution < 1.29 is 13.2 Å². The van der Waals surface area contributed by atoms with Gasteiger partial charge in [0.05, 0.1) is 6.26 Å². The van der Waals surface area contributed by atoms with Gasteiger partial charge in [-0.2, -0.15) is 4.31 Å². The number of hydrogen-bond acceptors (Lipinski definition) is 4. The van der Waals surface area contributed by atoms with Gasteiger partial charge in [-0.25, -0.2) is 8.42 Å². The zero-order valence-corrected chi connectivity index (χ0v) is 17.9. The maximum atomic E-state index is 12.2. The molecule has 0 amide bonds. The molecule has 6 heteroatoms. The lowest BCUT2D eigenvalue weighted by atomic mass is 10.0. The number of aromatic nitrogens is 1. The van der Waals surface area contributed by atoms with Gasteiger partial charge in [-0.3, -0.25) is 4.98 Å². The molecule has 1 atom stereocenters. The third-order valence-electron chi connectivity index (χ3n) is 5.41. The number of sulfonamides is 1. The van der Waals surface area contributed by atoms with Crippen LogP contribution in [0.1, 0.15) is 23.2 Å². The van der Waals surface area contributed by atoms with Crippen LogP contribution in [0.5, 0.6) is 0 Å². The van der Waals surface area contributed by atoms with Gasteiger partial charge in [0.2, 0.25) is 10.0 Å². The summed E-state index contributed by atoms with van der Waals surface area (Å²) in [5.41, 5.74) is 5.46. The van der Waals surface area contributed by atoms with Crippen molar-refractivity contribution in [3.05, 3.63) is 89.7 Å². The van der Waals surface area contributed by atoms with Gasteiger partial charge in [0.1, 0.15) is 6.23 Å². The van der Waals surface area contributed by atoms with Gasteiger partial charge in [-0.15, -0.1) is 0 Å². The van der Waals surface area contributed by atoms with Crippen molar-refractivity contribution in [1.29, 1.82) is 0 Å². The number of pyridine rings is 1. The van der Waals surface area contributed by atoms with Crippen molar-refractivity contribution in [2.75, 3.05) is 12.9 Å². The second-order valence-electron chi connectivity index (χ2n) is 7.61. The Morgan fingerprint density at radius 2 is 1.70 bits per heavy atom. The van der Waals surface area contributed by atoms with Crippen LogP contribution in [-0.4, -0.2) is 36.8 Å². The van der Waals surface area contributed by atoms with E-state index in [4.69, 9.17) is 4.74 Å². The van der Waals surface area contributed by atoms with E-state index in [1.165, 1.54) is 10.6 Å². The maximum Gasteiger partial charge on any atom is 0.213 e. The van der Waals surface area contributed by atoms with Gasteiger partial charge >= 0.3 is 0 Å². The molecule has 0 saturated carbocycles. The molecular formula is C24H26N2O3S. The van der Waals surface area contributed by atoms with Crippen molar-refractivity contribution in [3.63, 3.8) is 0 Å². The summed E-state index contributed by atoms with van der Waals surface area (Å²) in [5.74, 6) is 0. The van der Waals surface area contributed by atoms with Crippen LogP contribution in [0.4, 0.5) is 0 Å². The van der Waals surface area contributed by atoms with E-state index in [0.717, 1.165) is 40.8 Å². The predicted molar refractivity (Wildman–Crippen MR) is 118 cm³/mol. The summed E-state index contributed by atoms with van der Waals surface area (Å²) >= 11 is 0. The molecule has 0 spiro atoms. The number of nitrogens with zero attached hydrogens (tertiary/aromatic N) is 2. The van der Waals surface area contributed by atoms with Crippen molar-refractivity contribution in [1.82, 2.24) is 9.29 Å². The Kier molecular flexibility index (Phi) is 6.27. The normalized spacial score (nSPS) is 16.9. The Labute approximate surface area is 178 Å². The van der Waals surface area contributed by atoms with Gasteiger partial charge in [-0.1, -0.05) is 60.7 Å². The van der Waals surface area contributed by atoms with Crippen LogP contribution >= 0.6 is 0 Å². The average Bonchev–Trinajstić information content (AvgIpc) is 2.76. The van der Waals surface area contributed by atoms with E-state index in [0.29, 0.717) is 19.6 Å². The van der Waals surface area contributed by atoms with Gasteiger partial charge in [0.15, 0.2) is 0 Å². The van der Waals surface area contributed by atoms with E-state index in [1.54, 1.807) is 0 Å². The number of rotatable bonds is 7. The quantitative estimate of drug-likeness (QED) is 0.539. The van der Waals surface area contributed by atoms with Crippen LogP contribution in [0.2, 0.25) is 0 Å². The zero-order chi connectivity index (χ0) is 21.0. The number of hydrogen-bond donors (Lipinski definition) is 0. The van der Waals surface area contributed by atoms with Crippen LogP contribution in [0.25, 0.3) is 11.1 Å². The first-order chi connectivity index (χ1) is 14.5. The summed E-state index contributed by atoms with van der Waals surface area (Å²) in [7, 11) is -3.34. The molecule has 156 valence electrons.